The van der Waals surface area contributed by atoms with E-state index in [1.165, 1.54) is 0 Å². The molecule has 0 aliphatic carbocycles. The normalized spacial score (nSPS) is 10.9. The van der Waals surface area contributed by atoms with Crippen LogP contribution in [0.15, 0.2) is 12.1 Å². The van der Waals surface area contributed by atoms with Crippen molar-refractivity contribution < 1.29 is 9.90 Å². The molecule has 4 heteroatoms. The Morgan fingerprint density at radius 2 is 2.07 bits per heavy atom. The quantitative estimate of drug-likeness (QED) is 0.780. The average molecular weight is 224 g/mol. The molecule has 3 nitrogen and oxygen atoms in total. The molecule has 0 saturated carbocycles. The molecule has 1 aromatic carbocycles. The number of aromatic amines is 1. The van der Waals surface area contributed by atoms with Crippen molar-refractivity contribution in [2.24, 2.45) is 0 Å². The van der Waals surface area contributed by atoms with Crippen LogP contribution in [0.4, 0.5) is 0 Å². The molecule has 2 N–H and O–H groups in total. The van der Waals surface area contributed by atoms with Crippen LogP contribution in [0.3, 0.4) is 0 Å². The van der Waals surface area contributed by atoms with Crippen molar-refractivity contribution in [3.05, 3.63) is 34.0 Å². The van der Waals surface area contributed by atoms with Crippen molar-refractivity contribution in [1.82, 2.24) is 4.98 Å². The van der Waals surface area contributed by atoms with Gasteiger partial charge in [-0.3, -0.25) is 0 Å². The number of carboxylic acid groups (broad SMARTS) is 1. The highest BCUT2D eigenvalue weighted by molar-refractivity contribution is 6.36. The highest BCUT2D eigenvalue weighted by atomic mass is 35.5. The highest BCUT2D eigenvalue weighted by Gasteiger charge is 2.15. The zero-order valence-electron chi connectivity index (χ0n) is 8.39. The lowest BCUT2D eigenvalue weighted by Crippen LogP contribution is -1.98. The Morgan fingerprint density at radius 1 is 1.40 bits per heavy atom. The molecule has 0 saturated heterocycles. The first-order valence-electron chi connectivity index (χ1n) is 4.53. The Hall–Kier alpha value is -1.48. The number of rotatable bonds is 1. The minimum Gasteiger partial charge on any atom is -0.477 e. The molecule has 1 heterocycles. The van der Waals surface area contributed by atoms with Crippen LogP contribution in [-0.2, 0) is 0 Å². The van der Waals surface area contributed by atoms with Gasteiger partial charge in [-0.15, -0.1) is 0 Å². The van der Waals surface area contributed by atoms with Crippen molar-refractivity contribution in [2.75, 3.05) is 0 Å². The van der Waals surface area contributed by atoms with Crippen LogP contribution >= 0.6 is 11.6 Å². The number of nitrogens with one attached hydrogen (secondary N) is 1. The largest absolute Gasteiger partial charge is 0.477 e. The molecule has 2 aromatic rings. The van der Waals surface area contributed by atoms with Crippen LogP contribution in [0, 0.1) is 13.8 Å². The number of carbonyl (C=O) groups is 1. The molecule has 0 aliphatic rings. The van der Waals surface area contributed by atoms with Gasteiger partial charge in [0, 0.05) is 5.39 Å². The highest BCUT2D eigenvalue weighted by Crippen LogP contribution is 2.30. The number of aromatic carboxylic acids is 1. The molecule has 1 aromatic heterocycles. The molecule has 2 rings (SSSR count). The summed E-state index contributed by atoms with van der Waals surface area (Å²) < 4.78 is 0. The van der Waals surface area contributed by atoms with Gasteiger partial charge in [-0.1, -0.05) is 23.7 Å². The summed E-state index contributed by atoms with van der Waals surface area (Å²) in [6, 6.07) is 3.77. The lowest BCUT2D eigenvalue weighted by Gasteiger charge is -1.98. The minimum absolute atomic E-state index is 0.206. The third kappa shape index (κ3) is 1.39. The molecular weight excluding hydrogens is 214 g/mol. The van der Waals surface area contributed by atoms with Crippen molar-refractivity contribution in [3.8, 4) is 0 Å². The van der Waals surface area contributed by atoms with Crippen LogP contribution in [-0.4, -0.2) is 16.1 Å². The second kappa shape index (κ2) is 3.28. The maximum Gasteiger partial charge on any atom is 0.352 e. The fraction of sp³-hybridized carbons (Fsp3) is 0.182. The van der Waals surface area contributed by atoms with E-state index in [0.717, 1.165) is 16.5 Å². The van der Waals surface area contributed by atoms with Crippen LogP contribution in [0.5, 0.6) is 0 Å². The first-order chi connectivity index (χ1) is 7.02. The number of benzene rings is 1. The van der Waals surface area contributed by atoms with E-state index < -0.39 is 5.97 Å². The van der Waals surface area contributed by atoms with Gasteiger partial charge in [-0.05, 0) is 25.0 Å². The second-order valence-corrected chi connectivity index (χ2v) is 3.93. The third-order valence-electron chi connectivity index (χ3n) is 2.58. The van der Waals surface area contributed by atoms with E-state index in [1.807, 2.05) is 19.1 Å². The maximum absolute atomic E-state index is 10.9. The number of H-pyrrole nitrogens is 1. The fourth-order valence-electron chi connectivity index (χ4n) is 1.68. The summed E-state index contributed by atoms with van der Waals surface area (Å²) in [4.78, 5) is 13.8. The van der Waals surface area contributed by atoms with Gasteiger partial charge in [-0.2, -0.15) is 0 Å². The minimum atomic E-state index is -0.961. The van der Waals surface area contributed by atoms with E-state index in [-0.39, 0.29) is 5.69 Å². The van der Waals surface area contributed by atoms with Crippen molar-refractivity contribution >= 4 is 28.5 Å². The lowest BCUT2D eigenvalue weighted by atomic mass is 10.1. The third-order valence-corrected chi connectivity index (χ3v) is 3.06. The van der Waals surface area contributed by atoms with E-state index in [1.54, 1.807) is 6.92 Å². The summed E-state index contributed by atoms with van der Waals surface area (Å²) in [5.41, 5.74) is 2.56. The molecule has 0 amide bonds. The molecular formula is C11H10ClNO2. The van der Waals surface area contributed by atoms with Crippen molar-refractivity contribution in [3.63, 3.8) is 0 Å². The van der Waals surface area contributed by atoms with E-state index in [9.17, 15) is 4.79 Å². The topological polar surface area (TPSA) is 53.1 Å². The molecule has 0 unspecified atom stereocenters. The summed E-state index contributed by atoms with van der Waals surface area (Å²) in [6.07, 6.45) is 0. The molecule has 0 atom stereocenters. The van der Waals surface area contributed by atoms with Gasteiger partial charge < -0.3 is 10.1 Å². The van der Waals surface area contributed by atoms with Crippen molar-refractivity contribution in [2.45, 2.75) is 13.8 Å². The SMILES string of the molecule is Cc1ccc2c(C)c(C(=O)O)[nH]c2c1Cl. The van der Waals surface area contributed by atoms with Crippen LogP contribution < -0.4 is 0 Å². The Kier molecular flexibility index (Phi) is 2.20. The predicted molar refractivity (Wildman–Crippen MR) is 59.7 cm³/mol. The number of halogens is 1. The number of fused-ring (bicyclic) bond motifs is 1. The average Bonchev–Trinajstić information content (AvgIpc) is 2.51. The van der Waals surface area contributed by atoms with Crippen LogP contribution in [0.2, 0.25) is 5.02 Å². The standard InChI is InChI=1S/C11H10ClNO2/c1-5-3-4-7-6(2)9(11(14)15)13-10(7)8(5)12/h3-4,13H,1-2H3,(H,14,15). The molecule has 0 spiro atoms. The van der Waals surface area contributed by atoms with Gasteiger partial charge in [0.2, 0.25) is 0 Å². The first-order valence-corrected chi connectivity index (χ1v) is 4.91. The number of aromatic nitrogens is 1. The summed E-state index contributed by atoms with van der Waals surface area (Å²) in [6.45, 7) is 3.66. The second-order valence-electron chi connectivity index (χ2n) is 3.55. The van der Waals surface area contributed by atoms with Crippen LogP contribution in [0.1, 0.15) is 21.6 Å². The predicted octanol–water partition coefficient (Wildman–Crippen LogP) is 3.14. The molecule has 15 heavy (non-hydrogen) atoms. The van der Waals surface area contributed by atoms with Gasteiger partial charge in [0.05, 0.1) is 10.5 Å². The van der Waals surface area contributed by atoms with E-state index >= 15 is 0 Å². The van der Waals surface area contributed by atoms with Gasteiger partial charge in [0.1, 0.15) is 5.69 Å². The molecule has 0 aliphatic heterocycles. The number of hydrogen-bond acceptors (Lipinski definition) is 1. The van der Waals surface area contributed by atoms with Crippen molar-refractivity contribution in [1.29, 1.82) is 0 Å². The van der Waals surface area contributed by atoms with E-state index in [2.05, 4.69) is 4.98 Å². The molecule has 0 fully saturated rings. The molecule has 78 valence electrons. The maximum atomic E-state index is 10.9. The Labute approximate surface area is 91.7 Å². The summed E-state index contributed by atoms with van der Waals surface area (Å²) in [5, 5.41) is 10.4. The van der Waals surface area contributed by atoms with Crippen LogP contribution in [0.25, 0.3) is 10.9 Å². The Balaban J connectivity index is 2.88. The number of aryl methyl sites for hydroxylation is 2. The lowest BCUT2D eigenvalue weighted by molar-refractivity contribution is 0.0691. The fourth-order valence-corrected chi connectivity index (χ4v) is 1.89. The van der Waals surface area contributed by atoms with Gasteiger partial charge >= 0.3 is 5.97 Å². The first kappa shape index (κ1) is 10.1. The zero-order valence-corrected chi connectivity index (χ0v) is 9.14. The Bertz CT molecular complexity index is 557. The number of hydrogen-bond donors (Lipinski definition) is 2. The van der Waals surface area contributed by atoms with E-state index in [4.69, 9.17) is 16.7 Å². The summed E-state index contributed by atoms with van der Waals surface area (Å²) >= 11 is 6.09. The van der Waals surface area contributed by atoms with E-state index in [0.29, 0.717) is 10.5 Å². The zero-order chi connectivity index (χ0) is 11.2. The summed E-state index contributed by atoms with van der Waals surface area (Å²) in [7, 11) is 0. The summed E-state index contributed by atoms with van der Waals surface area (Å²) in [5.74, 6) is -0.961. The molecule has 0 bridgehead atoms. The van der Waals surface area contributed by atoms with Gasteiger partial charge in [0.25, 0.3) is 0 Å². The smallest absolute Gasteiger partial charge is 0.352 e. The number of carboxylic acids is 1. The molecule has 0 radical (unpaired) electrons. The Morgan fingerprint density at radius 3 is 2.67 bits per heavy atom. The van der Waals surface area contributed by atoms with Gasteiger partial charge in [0.15, 0.2) is 0 Å². The monoisotopic (exact) mass is 223 g/mol. The van der Waals surface area contributed by atoms with Gasteiger partial charge in [-0.25, -0.2) is 4.79 Å².